The summed E-state index contributed by atoms with van der Waals surface area (Å²) in [7, 11) is 3.86. The van der Waals surface area contributed by atoms with Gasteiger partial charge in [-0.2, -0.15) is 0 Å². The number of rotatable bonds is 6. The number of ketones is 1. The van der Waals surface area contributed by atoms with E-state index in [0.29, 0.717) is 36.0 Å². The molecule has 1 amide bonds. The molecule has 3 aromatic carbocycles. The molecule has 188 valence electrons. The number of aliphatic imine (C=N–C) groups is 1. The van der Waals surface area contributed by atoms with Crippen molar-refractivity contribution in [2.45, 2.75) is 25.3 Å². The Balaban J connectivity index is 1.65. The van der Waals surface area contributed by atoms with Crippen molar-refractivity contribution in [1.29, 1.82) is 0 Å². The number of guanidine groups is 1. The third-order valence-corrected chi connectivity index (χ3v) is 7.67. The van der Waals surface area contributed by atoms with Gasteiger partial charge in [0.05, 0.1) is 23.6 Å². The van der Waals surface area contributed by atoms with Gasteiger partial charge >= 0.3 is 0 Å². The standard InChI is InChI=1S/C29H29N5O2S/c1-5-30-22-16-15-21(19(2)35)17-23(22)31-29-33(4)26(27(36)34(29)18-20-11-7-6-8-12-20)28-32(3)24-13-9-10-14-25(24)37-28/h6-17,30H,5,18H2,1-4H3/b28-26-,31-29-. The number of para-hydroxylation sites is 1. The summed E-state index contributed by atoms with van der Waals surface area (Å²) in [5.41, 5.74) is 4.64. The summed E-state index contributed by atoms with van der Waals surface area (Å²) in [6.07, 6.45) is 0. The molecule has 7 nitrogen and oxygen atoms in total. The lowest BCUT2D eigenvalue weighted by Gasteiger charge is -2.20. The van der Waals surface area contributed by atoms with E-state index in [1.54, 1.807) is 35.7 Å². The number of carbonyl (C=O) groups excluding carboxylic acids is 2. The Morgan fingerprint density at radius 1 is 0.973 bits per heavy atom. The topological polar surface area (TPSA) is 68.2 Å². The van der Waals surface area contributed by atoms with Crippen LogP contribution in [0.2, 0.25) is 0 Å². The third-order valence-electron chi connectivity index (χ3n) is 6.44. The predicted molar refractivity (Wildman–Crippen MR) is 150 cm³/mol. The molecule has 2 aliphatic rings. The molecule has 8 heteroatoms. The Morgan fingerprint density at radius 3 is 2.41 bits per heavy atom. The quantitative estimate of drug-likeness (QED) is 0.339. The summed E-state index contributed by atoms with van der Waals surface area (Å²) >= 11 is 1.59. The smallest absolute Gasteiger partial charge is 0.280 e. The first-order chi connectivity index (χ1) is 17.9. The van der Waals surface area contributed by atoms with Crippen LogP contribution in [0.25, 0.3) is 0 Å². The van der Waals surface area contributed by atoms with Crippen molar-refractivity contribution in [3.63, 3.8) is 0 Å². The minimum absolute atomic E-state index is 0.0361. The van der Waals surface area contributed by atoms with Crippen molar-refractivity contribution >= 4 is 46.5 Å². The van der Waals surface area contributed by atoms with Crippen LogP contribution in [-0.2, 0) is 11.3 Å². The molecule has 1 saturated heterocycles. The number of thioether (sulfide) groups is 1. The van der Waals surface area contributed by atoms with Crippen LogP contribution in [0.1, 0.15) is 29.8 Å². The number of Topliss-reactive ketones (excluding diaryl/α,β-unsaturated/α-hetero) is 1. The summed E-state index contributed by atoms with van der Waals surface area (Å²) < 4.78 is 0. The lowest BCUT2D eigenvalue weighted by atomic mass is 10.1. The average molecular weight is 512 g/mol. The maximum absolute atomic E-state index is 14.0. The van der Waals surface area contributed by atoms with Crippen LogP contribution in [0.3, 0.4) is 0 Å². The summed E-state index contributed by atoms with van der Waals surface area (Å²) in [6.45, 7) is 4.63. The van der Waals surface area contributed by atoms with Crippen LogP contribution in [-0.4, -0.2) is 48.1 Å². The molecule has 1 N–H and O–H groups in total. The minimum atomic E-state index is -0.111. The van der Waals surface area contributed by atoms with Gasteiger partial charge in [-0.15, -0.1) is 0 Å². The normalized spacial score (nSPS) is 18.1. The van der Waals surface area contributed by atoms with E-state index in [1.165, 1.54) is 0 Å². The first-order valence-corrected chi connectivity index (χ1v) is 13.0. The van der Waals surface area contributed by atoms with Gasteiger partial charge in [-0.1, -0.05) is 54.2 Å². The molecule has 0 saturated carbocycles. The fourth-order valence-electron chi connectivity index (χ4n) is 4.52. The number of nitrogens with zero attached hydrogens (tertiary/aromatic N) is 4. The zero-order valence-corrected chi connectivity index (χ0v) is 22.2. The van der Waals surface area contributed by atoms with Gasteiger partial charge in [0.25, 0.3) is 5.91 Å². The Morgan fingerprint density at radius 2 is 1.70 bits per heavy atom. The molecule has 2 aliphatic heterocycles. The van der Waals surface area contributed by atoms with Crippen molar-refractivity contribution in [2.75, 3.05) is 30.9 Å². The van der Waals surface area contributed by atoms with Crippen LogP contribution < -0.4 is 10.2 Å². The first-order valence-electron chi connectivity index (χ1n) is 12.2. The second-order valence-corrected chi connectivity index (χ2v) is 9.98. The Hall–Kier alpha value is -4.04. The molecule has 1 fully saturated rings. The predicted octanol–water partition coefficient (Wildman–Crippen LogP) is 5.69. The van der Waals surface area contributed by atoms with E-state index in [9.17, 15) is 9.59 Å². The zero-order chi connectivity index (χ0) is 26.1. The molecule has 2 heterocycles. The van der Waals surface area contributed by atoms with Gasteiger partial charge in [-0.25, -0.2) is 4.99 Å². The fraction of sp³-hybridized carbons (Fsp3) is 0.207. The molecule has 3 aromatic rings. The second kappa shape index (κ2) is 10.1. The second-order valence-electron chi connectivity index (χ2n) is 8.95. The Bertz CT molecular complexity index is 1430. The number of benzene rings is 3. The molecule has 0 radical (unpaired) electrons. The molecule has 0 spiro atoms. The third kappa shape index (κ3) is 4.60. The van der Waals surface area contributed by atoms with E-state index in [0.717, 1.165) is 26.9 Å². The van der Waals surface area contributed by atoms with Crippen molar-refractivity contribution in [1.82, 2.24) is 9.80 Å². The molecule has 37 heavy (non-hydrogen) atoms. The van der Waals surface area contributed by atoms with E-state index in [2.05, 4.69) is 22.3 Å². The fourth-order valence-corrected chi connectivity index (χ4v) is 5.74. The molecule has 0 aromatic heterocycles. The monoisotopic (exact) mass is 511 g/mol. The van der Waals surface area contributed by atoms with Gasteiger partial charge in [0.1, 0.15) is 10.7 Å². The van der Waals surface area contributed by atoms with Crippen molar-refractivity contribution < 1.29 is 9.59 Å². The van der Waals surface area contributed by atoms with Gasteiger partial charge in [-0.3, -0.25) is 14.5 Å². The highest BCUT2D eigenvalue weighted by Gasteiger charge is 2.42. The van der Waals surface area contributed by atoms with Gasteiger partial charge in [0.2, 0.25) is 5.96 Å². The van der Waals surface area contributed by atoms with Crippen LogP contribution in [0.4, 0.5) is 17.1 Å². The lowest BCUT2D eigenvalue weighted by molar-refractivity contribution is -0.123. The lowest BCUT2D eigenvalue weighted by Crippen LogP contribution is -2.32. The molecule has 0 bridgehead atoms. The zero-order valence-electron chi connectivity index (χ0n) is 21.4. The number of amides is 1. The van der Waals surface area contributed by atoms with Gasteiger partial charge < -0.3 is 15.1 Å². The van der Waals surface area contributed by atoms with Crippen molar-refractivity contribution in [2.24, 2.45) is 4.99 Å². The summed E-state index contributed by atoms with van der Waals surface area (Å²) in [5, 5.41) is 4.19. The van der Waals surface area contributed by atoms with Crippen molar-refractivity contribution in [3.8, 4) is 0 Å². The SMILES string of the molecule is CCNc1ccc(C(C)=O)cc1/N=C1\N(Cc2ccccc2)C(=O)/C(=C2/Sc3ccccc3N2C)N1C. The maximum atomic E-state index is 14.0. The molecule has 5 rings (SSSR count). The minimum Gasteiger partial charge on any atom is -0.384 e. The number of nitrogens with one attached hydrogen (secondary N) is 1. The van der Waals surface area contributed by atoms with Crippen LogP contribution in [0.5, 0.6) is 0 Å². The Labute approximate surface area is 221 Å². The van der Waals surface area contributed by atoms with E-state index in [4.69, 9.17) is 4.99 Å². The van der Waals surface area contributed by atoms with Crippen LogP contribution >= 0.6 is 11.8 Å². The molecule has 0 aliphatic carbocycles. The largest absolute Gasteiger partial charge is 0.384 e. The first kappa shape index (κ1) is 24.6. The number of anilines is 2. The van der Waals surface area contributed by atoms with Crippen LogP contribution in [0.15, 0.2) is 93.4 Å². The van der Waals surface area contributed by atoms with E-state index in [1.807, 2.05) is 74.4 Å². The Kier molecular flexibility index (Phi) is 6.76. The van der Waals surface area contributed by atoms with E-state index >= 15 is 0 Å². The molecular weight excluding hydrogens is 482 g/mol. The highest BCUT2D eigenvalue weighted by atomic mass is 32.2. The van der Waals surface area contributed by atoms with E-state index in [-0.39, 0.29) is 11.7 Å². The number of carbonyl (C=O) groups is 2. The van der Waals surface area contributed by atoms with Gasteiger partial charge in [0.15, 0.2) is 5.78 Å². The van der Waals surface area contributed by atoms with Gasteiger partial charge in [0, 0.05) is 31.1 Å². The summed E-state index contributed by atoms with van der Waals surface area (Å²) in [6, 6.07) is 23.5. The number of fused-ring (bicyclic) bond motifs is 1. The highest BCUT2D eigenvalue weighted by Crippen LogP contribution is 2.47. The molecule has 0 unspecified atom stereocenters. The average Bonchev–Trinajstić information content (AvgIpc) is 3.34. The van der Waals surface area contributed by atoms with E-state index < -0.39 is 0 Å². The maximum Gasteiger partial charge on any atom is 0.280 e. The highest BCUT2D eigenvalue weighted by molar-refractivity contribution is 8.03. The molecule has 0 atom stereocenters. The molecular formula is C29H29N5O2S. The summed E-state index contributed by atoms with van der Waals surface area (Å²) in [5.74, 6) is 0.368. The van der Waals surface area contributed by atoms with Crippen LogP contribution in [0, 0.1) is 0 Å². The van der Waals surface area contributed by atoms with Crippen molar-refractivity contribution in [3.05, 3.63) is 94.6 Å². The summed E-state index contributed by atoms with van der Waals surface area (Å²) in [4.78, 5) is 37.9. The number of likely N-dealkylation sites (N-methyl/N-ethyl adjacent to an activating group) is 1. The number of hydrogen-bond acceptors (Lipinski definition) is 6. The number of hydrogen-bond donors (Lipinski definition) is 1. The van der Waals surface area contributed by atoms with Gasteiger partial charge in [-0.05, 0) is 49.7 Å².